The Morgan fingerprint density at radius 1 is 0.935 bits per heavy atom. The van der Waals surface area contributed by atoms with Crippen LogP contribution in [0.4, 0.5) is 5.69 Å². The first-order valence-electron chi connectivity index (χ1n) is 8.25. The van der Waals surface area contributed by atoms with Crippen LogP contribution >= 0.6 is 23.2 Å². The number of hydrogen-bond donors (Lipinski definition) is 6. The van der Waals surface area contributed by atoms with Gasteiger partial charge in [-0.1, -0.05) is 23.2 Å². The van der Waals surface area contributed by atoms with Gasteiger partial charge in [0.15, 0.2) is 0 Å². The van der Waals surface area contributed by atoms with E-state index in [1.807, 2.05) is 25.9 Å². The van der Waals surface area contributed by atoms with Gasteiger partial charge in [-0.3, -0.25) is 4.79 Å². The van der Waals surface area contributed by atoms with Crippen molar-refractivity contribution >= 4 is 58.7 Å². The molecule has 1 aromatic carbocycles. The second-order valence-electron chi connectivity index (χ2n) is 5.81. The lowest BCUT2D eigenvalue weighted by atomic mass is 10.2. The second kappa shape index (κ2) is 15.8. The monoisotopic (exact) mass is 483 g/mol. The molecule has 1 amide bonds. The molecule has 0 spiro atoms. The van der Waals surface area contributed by atoms with Crippen LogP contribution < -0.4 is 10.6 Å². The first-order valence-corrected chi connectivity index (χ1v) is 9.01. The lowest BCUT2D eigenvalue weighted by Crippen LogP contribution is -2.41. The Morgan fingerprint density at radius 3 is 1.77 bits per heavy atom. The molecule has 1 unspecified atom stereocenters. The Balaban J connectivity index is 0. The van der Waals surface area contributed by atoms with Gasteiger partial charge in [-0.15, -0.1) is 0 Å². The van der Waals surface area contributed by atoms with Gasteiger partial charge in [-0.05, 0) is 39.2 Å². The Morgan fingerprint density at radius 2 is 1.39 bits per heavy atom. The molecule has 0 aliphatic heterocycles. The molecule has 174 valence electrons. The van der Waals surface area contributed by atoms with Gasteiger partial charge in [0.2, 0.25) is 5.91 Å². The lowest BCUT2D eigenvalue weighted by Gasteiger charge is -2.16. The van der Waals surface area contributed by atoms with E-state index >= 15 is 0 Å². The summed E-state index contributed by atoms with van der Waals surface area (Å²) in [5.74, 6) is -7.43. The number of anilines is 1. The largest absolute Gasteiger partial charge is 0.473 e. The minimum absolute atomic E-state index is 0.136. The average Bonchev–Trinajstić information content (AvgIpc) is 2.65. The van der Waals surface area contributed by atoms with Gasteiger partial charge in [-0.2, -0.15) is 0 Å². The molecular formula is C17H23Cl2N3O9. The number of carboxylic acid groups (broad SMARTS) is 4. The molecule has 1 atom stereocenters. The molecule has 0 saturated heterocycles. The molecule has 0 bridgehead atoms. The van der Waals surface area contributed by atoms with Gasteiger partial charge in [0.1, 0.15) is 0 Å². The second-order valence-corrected chi connectivity index (χ2v) is 6.66. The number of halogens is 2. The van der Waals surface area contributed by atoms with Crippen molar-refractivity contribution in [1.29, 1.82) is 0 Å². The normalized spacial score (nSPS) is 10.5. The molecule has 0 aliphatic rings. The average molecular weight is 484 g/mol. The third-order valence-corrected chi connectivity index (χ3v) is 3.52. The summed E-state index contributed by atoms with van der Waals surface area (Å²) in [4.78, 5) is 50.4. The Hall–Kier alpha value is -2.93. The third-order valence-electron chi connectivity index (χ3n) is 2.96. The molecule has 12 nitrogen and oxygen atoms in total. The fraction of sp³-hybridized carbons (Fsp3) is 0.353. The van der Waals surface area contributed by atoms with Gasteiger partial charge < -0.3 is 36.0 Å². The van der Waals surface area contributed by atoms with Crippen molar-refractivity contribution in [2.75, 3.05) is 32.5 Å². The molecule has 0 heterocycles. The van der Waals surface area contributed by atoms with Gasteiger partial charge in [0.05, 0.1) is 16.8 Å². The van der Waals surface area contributed by atoms with E-state index in [1.165, 1.54) is 0 Å². The fourth-order valence-corrected chi connectivity index (χ4v) is 1.77. The van der Waals surface area contributed by atoms with E-state index in [2.05, 4.69) is 10.6 Å². The van der Waals surface area contributed by atoms with E-state index < -0.39 is 23.9 Å². The summed E-state index contributed by atoms with van der Waals surface area (Å²) in [6, 6.07) is 4.67. The van der Waals surface area contributed by atoms with Crippen molar-refractivity contribution in [1.82, 2.24) is 10.2 Å². The van der Waals surface area contributed by atoms with Crippen LogP contribution in [-0.2, 0) is 24.0 Å². The molecule has 0 fully saturated rings. The van der Waals surface area contributed by atoms with Crippen molar-refractivity contribution in [3.05, 3.63) is 28.2 Å². The standard InChI is InChI=1S/C13H19Cl2N3O.2C2H2O4/c1-9(16-6-7-18(2)3)13(19)17-12-8-10(14)4-5-11(12)15;2*3-1(4)2(5)6/h4-5,8-9,16H,6-7H2,1-3H3,(H,17,19);2*(H,3,4)(H,5,6). The van der Waals surface area contributed by atoms with Crippen LogP contribution in [0.2, 0.25) is 10.0 Å². The summed E-state index contributed by atoms with van der Waals surface area (Å²) < 4.78 is 0. The predicted octanol–water partition coefficient (Wildman–Crippen LogP) is 0.783. The van der Waals surface area contributed by atoms with Crippen molar-refractivity contribution in [3.63, 3.8) is 0 Å². The summed E-state index contributed by atoms with van der Waals surface area (Å²) in [6.45, 7) is 3.42. The molecule has 1 rings (SSSR count). The number of benzene rings is 1. The Labute approximate surface area is 187 Å². The van der Waals surface area contributed by atoms with Crippen LogP contribution in [0, 0.1) is 0 Å². The lowest BCUT2D eigenvalue weighted by molar-refractivity contribution is -0.159. The zero-order valence-corrected chi connectivity index (χ0v) is 18.3. The Bertz CT molecular complexity index is 740. The quantitative estimate of drug-likeness (QED) is 0.313. The highest BCUT2D eigenvalue weighted by atomic mass is 35.5. The molecule has 6 N–H and O–H groups in total. The molecule has 31 heavy (non-hydrogen) atoms. The van der Waals surface area contributed by atoms with Crippen LogP contribution in [0.5, 0.6) is 0 Å². The van der Waals surface area contributed by atoms with Crippen LogP contribution in [-0.4, -0.2) is 88.3 Å². The van der Waals surface area contributed by atoms with Crippen molar-refractivity contribution in [3.8, 4) is 0 Å². The fourth-order valence-electron chi connectivity index (χ4n) is 1.43. The summed E-state index contributed by atoms with van der Waals surface area (Å²) in [5.41, 5.74) is 0.528. The van der Waals surface area contributed by atoms with E-state index in [4.69, 9.17) is 62.8 Å². The maximum atomic E-state index is 12.0. The molecular weight excluding hydrogens is 461 g/mol. The van der Waals surface area contributed by atoms with Crippen molar-refractivity contribution in [2.45, 2.75) is 13.0 Å². The number of carbonyl (C=O) groups excluding carboxylic acids is 1. The predicted molar refractivity (Wildman–Crippen MR) is 112 cm³/mol. The topological polar surface area (TPSA) is 194 Å². The van der Waals surface area contributed by atoms with Crippen LogP contribution in [0.15, 0.2) is 18.2 Å². The van der Waals surface area contributed by atoms with E-state index in [9.17, 15) is 4.79 Å². The molecule has 0 saturated carbocycles. The number of carboxylic acids is 4. The highest BCUT2D eigenvalue weighted by molar-refractivity contribution is 6.35. The van der Waals surface area contributed by atoms with E-state index in [0.717, 1.165) is 13.1 Å². The molecule has 0 aromatic heterocycles. The van der Waals surface area contributed by atoms with Crippen LogP contribution in [0.3, 0.4) is 0 Å². The number of hydrogen-bond acceptors (Lipinski definition) is 7. The summed E-state index contributed by atoms with van der Waals surface area (Å²) in [6.07, 6.45) is 0. The number of carbonyl (C=O) groups is 5. The first kappa shape index (κ1) is 30.3. The highest BCUT2D eigenvalue weighted by Gasteiger charge is 2.13. The number of aliphatic carboxylic acids is 4. The van der Waals surface area contributed by atoms with Gasteiger partial charge in [0.25, 0.3) is 0 Å². The summed E-state index contributed by atoms with van der Waals surface area (Å²) in [5, 5.41) is 36.5. The molecule has 0 radical (unpaired) electrons. The van der Waals surface area contributed by atoms with Gasteiger partial charge in [-0.25, -0.2) is 19.2 Å². The maximum Gasteiger partial charge on any atom is 0.414 e. The van der Waals surface area contributed by atoms with E-state index in [-0.39, 0.29) is 11.9 Å². The smallest absolute Gasteiger partial charge is 0.414 e. The van der Waals surface area contributed by atoms with Crippen LogP contribution in [0.1, 0.15) is 6.92 Å². The maximum absolute atomic E-state index is 12.0. The SMILES string of the molecule is CC(NCCN(C)C)C(=O)Nc1cc(Cl)ccc1Cl.O=C(O)C(=O)O.O=C(O)C(=O)O. The van der Waals surface area contributed by atoms with Gasteiger partial charge >= 0.3 is 23.9 Å². The van der Waals surface area contributed by atoms with Crippen molar-refractivity contribution < 1.29 is 44.4 Å². The molecule has 1 aromatic rings. The third kappa shape index (κ3) is 16.5. The first-order chi connectivity index (χ1) is 14.2. The number of rotatable bonds is 6. The zero-order valence-electron chi connectivity index (χ0n) is 16.8. The Kier molecular flexibility index (Phi) is 15.5. The molecule has 0 aliphatic carbocycles. The zero-order chi connectivity index (χ0) is 24.7. The van der Waals surface area contributed by atoms with E-state index in [0.29, 0.717) is 15.7 Å². The number of likely N-dealkylation sites (N-methyl/N-ethyl adjacent to an activating group) is 1. The number of amides is 1. The number of nitrogens with one attached hydrogen (secondary N) is 2. The van der Waals surface area contributed by atoms with Crippen LogP contribution in [0.25, 0.3) is 0 Å². The number of nitrogens with zero attached hydrogens (tertiary/aromatic N) is 1. The van der Waals surface area contributed by atoms with Crippen molar-refractivity contribution in [2.24, 2.45) is 0 Å². The highest BCUT2D eigenvalue weighted by Crippen LogP contribution is 2.25. The summed E-state index contributed by atoms with van der Waals surface area (Å²) >= 11 is 11.9. The molecule has 14 heteroatoms. The van der Waals surface area contributed by atoms with E-state index in [1.54, 1.807) is 18.2 Å². The van der Waals surface area contributed by atoms with Gasteiger partial charge in [0, 0.05) is 18.1 Å². The minimum Gasteiger partial charge on any atom is -0.473 e. The summed E-state index contributed by atoms with van der Waals surface area (Å²) in [7, 11) is 3.97. The minimum atomic E-state index is -1.82.